The lowest BCUT2D eigenvalue weighted by Gasteiger charge is -2.25. The average molecular weight is 420 g/mol. The molecule has 156 valence electrons. The number of nitrogens with zero attached hydrogens (tertiary/aromatic N) is 5. The topological polar surface area (TPSA) is 94.7 Å². The van der Waals surface area contributed by atoms with E-state index in [2.05, 4.69) is 11.1 Å². The highest BCUT2D eigenvalue weighted by Gasteiger charge is 2.40. The predicted molar refractivity (Wildman–Crippen MR) is 119 cm³/mol. The molecule has 1 atom stereocenters. The number of ether oxygens (including phenoxy) is 1. The van der Waals surface area contributed by atoms with E-state index >= 15 is 0 Å². The number of hydrogen-bond donors (Lipinski definition) is 1. The number of rotatable bonds is 4. The number of imidazole rings is 1. The van der Waals surface area contributed by atoms with Gasteiger partial charge in [0.2, 0.25) is 11.8 Å². The lowest BCUT2D eigenvalue weighted by Crippen LogP contribution is -2.22. The van der Waals surface area contributed by atoms with Gasteiger partial charge in [-0.2, -0.15) is 10.4 Å². The summed E-state index contributed by atoms with van der Waals surface area (Å²) in [6, 6.07) is 20.7. The van der Waals surface area contributed by atoms with Gasteiger partial charge in [0.15, 0.2) is 0 Å². The van der Waals surface area contributed by atoms with Gasteiger partial charge in [-0.05, 0) is 30.5 Å². The summed E-state index contributed by atoms with van der Waals surface area (Å²) in [6.45, 7) is 0. The normalized spacial score (nSPS) is 17.5. The number of fused-ring (bicyclic) bond motifs is 1. The molecule has 1 aliphatic heterocycles. The van der Waals surface area contributed by atoms with Crippen molar-refractivity contribution in [3.63, 3.8) is 0 Å². The zero-order valence-corrected chi connectivity index (χ0v) is 17.2. The smallest absolute Gasteiger partial charge is 0.224 e. The molecule has 1 unspecified atom stereocenters. The van der Waals surface area contributed by atoms with Crippen molar-refractivity contribution < 1.29 is 4.74 Å². The van der Waals surface area contributed by atoms with Gasteiger partial charge >= 0.3 is 0 Å². The number of nitrogens with two attached hydrogens (primary N) is 1. The molecular formula is C25H20N6O. The van der Waals surface area contributed by atoms with E-state index < -0.39 is 0 Å². The van der Waals surface area contributed by atoms with Crippen LogP contribution in [-0.4, -0.2) is 19.3 Å². The fourth-order valence-electron chi connectivity index (χ4n) is 4.32. The van der Waals surface area contributed by atoms with E-state index in [9.17, 15) is 5.26 Å². The van der Waals surface area contributed by atoms with E-state index in [4.69, 9.17) is 15.6 Å². The fourth-order valence-corrected chi connectivity index (χ4v) is 4.32. The van der Waals surface area contributed by atoms with E-state index in [1.165, 1.54) is 0 Å². The van der Waals surface area contributed by atoms with Gasteiger partial charge in [0.1, 0.15) is 17.3 Å². The van der Waals surface area contributed by atoms with Crippen LogP contribution in [0.5, 0.6) is 5.88 Å². The maximum absolute atomic E-state index is 10.0. The Kier molecular flexibility index (Phi) is 4.12. The van der Waals surface area contributed by atoms with Crippen molar-refractivity contribution in [1.82, 2.24) is 19.3 Å². The summed E-state index contributed by atoms with van der Waals surface area (Å²) in [5, 5.41) is 15.0. The van der Waals surface area contributed by atoms with Crippen molar-refractivity contribution in [2.24, 2.45) is 5.73 Å². The first kappa shape index (κ1) is 18.5. The minimum absolute atomic E-state index is 0.144. The van der Waals surface area contributed by atoms with E-state index in [0.717, 1.165) is 40.9 Å². The minimum atomic E-state index is -0.358. The molecule has 3 heterocycles. The van der Waals surface area contributed by atoms with Gasteiger partial charge in [-0.25, -0.2) is 9.67 Å². The molecule has 2 aromatic heterocycles. The van der Waals surface area contributed by atoms with E-state index in [-0.39, 0.29) is 11.8 Å². The number of hydrogen-bond acceptors (Lipinski definition) is 5. The summed E-state index contributed by atoms with van der Waals surface area (Å²) in [6.07, 6.45) is 7.52. The molecular weight excluding hydrogens is 400 g/mol. The molecule has 2 aromatic carbocycles. The van der Waals surface area contributed by atoms with Gasteiger partial charge in [0.05, 0.1) is 23.9 Å². The molecule has 2 N–H and O–H groups in total. The highest BCUT2D eigenvalue weighted by molar-refractivity contribution is 5.71. The first-order valence-electron chi connectivity index (χ1n) is 10.6. The third-order valence-corrected chi connectivity index (χ3v) is 6.04. The van der Waals surface area contributed by atoms with Crippen molar-refractivity contribution in [3.05, 3.63) is 95.9 Å². The van der Waals surface area contributed by atoms with Gasteiger partial charge in [-0.3, -0.25) is 0 Å². The highest BCUT2D eigenvalue weighted by atomic mass is 16.5. The van der Waals surface area contributed by atoms with Gasteiger partial charge in [-0.15, -0.1) is 0 Å². The minimum Gasteiger partial charge on any atom is -0.422 e. The summed E-state index contributed by atoms with van der Waals surface area (Å²) in [7, 11) is 0. The number of nitriles is 1. The van der Waals surface area contributed by atoms with Crippen molar-refractivity contribution in [3.8, 4) is 28.9 Å². The van der Waals surface area contributed by atoms with Crippen molar-refractivity contribution >= 4 is 0 Å². The van der Waals surface area contributed by atoms with E-state index in [1.807, 2.05) is 70.0 Å². The van der Waals surface area contributed by atoms with Crippen molar-refractivity contribution in [1.29, 1.82) is 5.26 Å². The monoisotopic (exact) mass is 420 g/mol. The molecule has 1 aliphatic carbocycles. The second kappa shape index (κ2) is 7.13. The van der Waals surface area contributed by atoms with Crippen molar-refractivity contribution in [2.45, 2.75) is 24.8 Å². The molecule has 1 saturated carbocycles. The lowest BCUT2D eigenvalue weighted by atomic mass is 9.83. The van der Waals surface area contributed by atoms with Crippen LogP contribution >= 0.6 is 0 Å². The Morgan fingerprint density at radius 2 is 1.84 bits per heavy atom. The van der Waals surface area contributed by atoms with Gasteiger partial charge < -0.3 is 15.0 Å². The third-order valence-electron chi connectivity index (χ3n) is 6.04. The molecule has 0 bridgehead atoms. The SMILES string of the molecule is N#CC1=C(N)Oc2c(c(-c3ccccc3)nn2C2CC2)C1c1ccc(-n2ccnc2)cc1. The maximum atomic E-state index is 10.0. The standard InChI is InChI=1S/C25H20N6O/c26-14-20-21(16-6-8-18(9-7-16)30-13-12-28-15-30)22-23(17-4-2-1-3-5-17)29-31(19-10-11-19)25(22)32-24(20)27/h1-9,12-13,15,19,21H,10-11,27H2. The molecule has 0 amide bonds. The molecule has 7 heteroatoms. The van der Waals surface area contributed by atoms with Gasteiger partial charge in [0, 0.05) is 23.6 Å². The van der Waals surface area contributed by atoms with Gasteiger partial charge in [0.25, 0.3) is 0 Å². The van der Waals surface area contributed by atoms with Crippen LogP contribution in [0.3, 0.4) is 0 Å². The zero-order valence-electron chi connectivity index (χ0n) is 17.2. The molecule has 4 aromatic rings. The molecule has 2 aliphatic rings. The fraction of sp³-hybridized carbons (Fsp3) is 0.160. The number of allylic oxidation sites excluding steroid dienone is 1. The largest absolute Gasteiger partial charge is 0.422 e. The lowest BCUT2D eigenvalue weighted by molar-refractivity contribution is 0.347. The molecule has 32 heavy (non-hydrogen) atoms. The van der Waals surface area contributed by atoms with E-state index in [1.54, 1.807) is 12.5 Å². The summed E-state index contributed by atoms with van der Waals surface area (Å²) < 4.78 is 9.92. The second-order valence-corrected chi connectivity index (χ2v) is 8.10. The van der Waals surface area contributed by atoms with Crippen LogP contribution in [0.2, 0.25) is 0 Å². The summed E-state index contributed by atoms with van der Waals surface area (Å²) >= 11 is 0. The Bertz CT molecular complexity index is 1360. The molecule has 1 fully saturated rings. The van der Waals surface area contributed by atoms with E-state index in [0.29, 0.717) is 17.5 Å². The van der Waals surface area contributed by atoms with Gasteiger partial charge in [-0.1, -0.05) is 42.5 Å². The third kappa shape index (κ3) is 2.88. The Labute approximate surface area is 185 Å². The summed E-state index contributed by atoms with van der Waals surface area (Å²) in [5.41, 5.74) is 11.3. The molecule has 6 rings (SSSR count). The van der Waals surface area contributed by atoms with Crippen LogP contribution < -0.4 is 10.5 Å². The number of benzene rings is 2. The Hall–Kier alpha value is -4.31. The first-order chi connectivity index (χ1) is 15.7. The average Bonchev–Trinajstić information content (AvgIpc) is 3.39. The maximum Gasteiger partial charge on any atom is 0.224 e. The molecule has 0 saturated heterocycles. The Morgan fingerprint density at radius 3 is 2.50 bits per heavy atom. The van der Waals surface area contributed by atoms with Crippen LogP contribution in [0.15, 0.2) is 84.8 Å². The Morgan fingerprint density at radius 1 is 1.06 bits per heavy atom. The molecule has 7 nitrogen and oxygen atoms in total. The van der Waals surface area contributed by atoms with Crippen LogP contribution in [0, 0.1) is 11.3 Å². The molecule has 0 spiro atoms. The molecule has 0 radical (unpaired) electrons. The van der Waals surface area contributed by atoms with Crippen molar-refractivity contribution in [2.75, 3.05) is 0 Å². The zero-order chi connectivity index (χ0) is 21.7. The first-order valence-corrected chi connectivity index (χ1v) is 10.6. The van der Waals surface area contributed by atoms with Crippen LogP contribution in [0.1, 0.15) is 35.9 Å². The van der Waals surface area contributed by atoms with Crippen LogP contribution in [0.25, 0.3) is 16.9 Å². The Balaban J connectivity index is 1.55. The van der Waals surface area contributed by atoms with Crippen LogP contribution in [0.4, 0.5) is 0 Å². The number of aromatic nitrogens is 4. The summed E-state index contributed by atoms with van der Waals surface area (Å²) in [4.78, 5) is 4.11. The second-order valence-electron chi connectivity index (χ2n) is 8.10. The quantitative estimate of drug-likeness (QED) is 0.531. The summed E-state index contributed by atoms with van der Waals surface area (Å²) in [5.74, 6) is 0.430. The highest BCUT2D eigenvalue weighted by Crippen LogP contribution is 2.50. The predicted octanol–water partition coefficient (Wildman–Crippen LogP) is 4.29. The van der Waals surface area contributed by atoms with Crippen LogP contribution in [-0.2, 0) is 0 Å².